The molecule has 0 amide bonds. The normalized spacial score (nSPS) is 23.6. The Morgan fingerprint density at radius 2 is 1.63 bits per heavy atom. The first-order valence-electron chi connectivity index (χ1n) is 15.8. The van der Waals surface area contributed by atoms with Gasteiger partial charge in [-0.15, -0.1) is 6.58 Å². The lowest BCUT2D eigenvalue weighted by Crippen LogP contribution is -2.25. The summed E-state index contributed by atoms with van der Waals surface area (Å²) in [6, 6.07) is 8.67. The molecule has 0 atom stereocenters. The van der Waals surface area contributed by atoms with E-state index in [0.29, 0.717) is 18.9 Å². The quantitative estimate of drug-likeness (QED) is 0.142. The summed E-state index contributed by atoms with van der Waals surface area (Å²) in [5.74, 6) is 0.807. The van der Waals surface area contributed by atoms with E-state index < -0.39 is 11.6 Å². The number of benzene rings is 2. The van der Waals surface area contributed by atoms with Crippen LogP contribution < -0.4 is 4.74 Å². The zero-order chi connectivity index (χ0) is 29.2. The fourth-order valence-corrected chi connectivity index (χ4v) is 6.76. The molecule has 2 saturated carbocycles. The van der Waals surface area contributed by atoms with Crippen LogP contribution in [-0.4, -0.2) is 6.61 Å². The minimum Gasteiger partial charge on any atom is -0.490 e. The third-order valence-corrected chi connectivity index (χ3v) is 9.27. The molecule has 0 bridgehead atoms. The van der Waals surface area contributed by atoms with Crippen molar-refractivity contribution in [3.05, 3.63) is 95.4 Å². The molecule has 4 heteroatoms. The van der Waals surface area contributed by atoms with Gasteiger partial charge in [-0.25, -0.2) is 8.78 Å². The number of ether oxygens (including phenoxy) is 1. The maximum Gasteiger partial charge on any atom is 0.200 e. The molecule has 0 aromatic heterocycles. The number of rotatable bonds is 12. The van der Waals surface area contributed by atoms with Crippen LogP contribution in [0.4, 0.5) is 13.2 Å². The molecule has 0 heterocycles. The van der Waals surface area contributed by atoms with E-state index in [0.717, 1.165) is 60.1 Å². The van der Waals surface area contributed by atoms with Crippen molar-refractivity contribution in [3.63, 3.8) is 0 Å². The summed E-state index contributed by atoms with van der Waals surface area (Å²) < 4.78 is 50.0. The van der Waals surface area contributed by atoms with Gasteiger partial charge < -0.3 is 4.74 Å². The number of halogens is 3. The second-order valence-corrected chi connectivity index (χ2v) is 12.2. The second-order valence-electron chi connectivity index (χ2n) is 12.2. The Hall–Kier alpha value is -2.75. The highest BCUT2D eigenvalue weighted by atomic mass is 19.2. The van der Waals surface area contributed by atoms with Crippen LogP contribution in [0, 0.1) is 35.2 Å². The van der Waals surface area contributed by atoms with Gasteiger partial charge in [0.1, 0.15) is 5.82 Å². The molecule has 41 heavy (non-hydrogen) atoms. The van der Waals surface area contributed by atoms with Crippen LogP contribution in [0.1, 0.15) is 107 Å². The highest BCUT2D eigenvalue weighted by Gasteiger charge is 2.31. The van der Waals surface area contributed by atoms with Gasteiger partial charge in [-0.05, 0) is 122 Å². The van der Waals surface area contributed by atoms with Crippen molar-refractivity contribution in [2.45, 2.75) is 96.8 Å². The lowest BCUT2D eigenvalue weighted by molar-refractivity contribution is 0.164. The number of unbranched alkanes of at least 4 members (excludes halogenated alkanes) is 1. The summed E-state index contributed by atoms with van der Waals surface area (Å²) in [4.78, 5) is 0. The lowest BCUT2D eigenvalue weighted by Gasteiger charge is -2.37. The Bertz CT molecular complexity index is 1200. The highest BCUT2D eigenvalue weighted by Crippen LogP contribution is 2.44. The summed E-state index contributed by atoms with van der Waals surface area (Å²) in [6.07, 6.45) is 20.0. The number of hydrogen-bond donors (Lipinski definition) is 0. The van der Waals surface area contributed by atoms with Crippen LogP contribution in [0.2, 0.25) is 0 Å². The molecule has 0 unspecified atom stereocenters. The smallest absolute Gasteiger partial charge is 0.200 e. The number of allylic oxidation sites excluding steroid dienone is 5. The van der Waals surface area contributed by atoms with Crippen molar-refractivity contribution in [3.8, 4) is 5.75 Å². The van der Waals surface area contributed by atoms with E-state index >= 15 is 4.39 Å². The Kier molecular flexibility index (Phi) is 11.8. The first-order valence-corrected chi connectivity index (χ1v) is 15.8. The molecule has 2 aromatic carbocycles. The van der Waals surface area contributed by atoms with E-state index in [9.17, 15) is 8.78 Å². The second kappa shape index (κ2) is 15.5. The van der Waals surface area contributed by atoms with Crippen LogP contribution in [0.5, 0.6) is 5.75 Å². The zero-order valence-corrected chi connectivity index (χ0v) is 24.9. The van der Waals surface area contributed by atoms with Gasteiger partial charge in [0, 0.05) is 0 Å². The van der Waals surface area contributed by atoms with E-state index in [1.54, 1.807) is 18.2 Å². The van der Waals surface area contributed by atoms with Crippen molar-refractivity contribution < 1.29 is 17.9 Å². The topological polar surface area (TPSA) is 9.23 Å². The first kappa shape index (κ1) is 31.2. The van der Waals surface area contributed by atoms with Gasteiger partial charge in [0.05, 0.1) is 6.61 Å². The monoisotopic (exact) mass is 564 g/mol. The Morgan fingerprint density at radius 3 is 2.29 bits per heavy atom. The largest absolute Gasteiger partial charge is 0.490 e. The molecule has 0 saturated heterocycles. The SMILES string of the molecule is C=CCCCOc1ccc(C/C=C\C(=C/CC)c2ccc(C3CCC(C4CCC(C)CC4)CC3)c(F)c2)c(F)c1F. The molecule has 0 N–H and O–H groups in total. The van der Waals surface area contributed by atoms with E-state index in [-0.39, 0.29) is 23.6 Å². The molecule has 2 aliphatic carbocycles. The predicted octanol–water partition coefficient (Wildman–Crippen LogP) is 11.1. The van der Waals surface area contributed by atoms with Crippen molar-refractivity contribution in [1.29, 1.82) is 0 Å². The summed E-state index contributed by atoms with van der Waals surface area (Å²) in [5.41, 5.74) is 2.79. The van der Waals surface area contributed by atoms with Gasteiger partial charge in [-0.1, -0.05) is 69.2 Å². The molecular weight excluding hydrogens is 517 g/mol. The van der Waals surface area contributed by atoms with E-state index in [1.807, 2.05) is 37.3 Å². The van der Waals surface area contributed by atoms with Gasteiger partial charge >= 0.3 is 0 Å². The van der Waals surface area contributed by atoms with Gasteiger partial charge in [0.2, 0.25) is 5.82 Å². The average molecular weight is 565 g/mol. The molecule has 2 aromatic rings. The molecular formula is C37H47F3O. The average Bonchev–Trinajstić information content (AvgIpc) is 2.98. The van der Waals surface area contributed by atoms with Crippen molar-refractivity contribution >= 4 is 5.57 Å². The minimum atomic E-state index is -0.959. The molecule has 2 fully saturated rings. The van der Waals surface area contributed by atoms with Crippen LogP contribution in [-0.2, 0) is 6.42 Å². The maximum absolute atomic E-state index is 15.4. The molecule has 222 valence electrons. The summed E-state index contributed by atoms with van der Waals surface area (Å²) in [5, 5.41) is 0. The van der Waals surface area contributed by atoms with Crippen molar-refractivity contribution in [1.82, 2.24) is 0 Å². The standard InChI is InChI=1S/C37H47F3O/c1-4-6-7-24-41-35-23-21-31(36(39)37(35)40)11-8-10-27(9-5-2)32-20-22-33(34(38)25-32)30-18-16-29(17-19-30)28-14-12-26(3)13-15-28/h4,8-10,20-23,25-26,28-30H,1,5-7,11-19,24H2,2-3H3/b10-8-,27-9+. The first-order chi connectivity index (χ1) is 19.9. The van der Waals surface area contributed by atoms with Crippen LogP contribution in [0.25, 0.3) is 5.57 Å². The van der Waals surface area contributed by atoms with Gasteiger partial charge in [0.15, 0.2) is 11.6 Å². The summed E-state index contributed by atoms with van der Waals surface area (Å²) in [6.45, 7) is 8.36. The van der Waals surface area contributed by atoms with E-state index in [1.165, 1.54) is 44.6 Å². The molecule has 0 spiro atoms. The molecule has 2 aliphatic rings. The van der Waals surface area contributed by atoms with Crippen LogP contribution >= 0.6 is 0 Å². The van der Waals surface area contributed by atoms with Gasteiger partial charge in [-0.2, -0.15) is 4.39 Å². The maximum atomic E-state index is 15.4. The fourth-order valence-electron chi connectivity index (χ4n) is 6.76. The van der Waals surface area contributed by atoms with E-state index in [4.69, 9.17) is 4.74 Å². The number of hydrogen-bond acceptors (Lipinski definition) is 1. The fraction of sp³-hybridized carbons (Fsp3) is 0.514. The Morgan fingerprint density at radius 1 is 0.927 bits per heavy atom. The summed E-state index contributed by atoms with van der Waals surface area (Å²) >= 11 is 0. The van der Waals surface area contributed by atoms with Crippen molar-refractivity contribution in [2.75, 3.05) is 6.61 Å². The van der Waals surface area contributed by atoms with Crippen LogP contribution in [0.3, 0.4) is 0 Å². The van der Waals surface area contributed by atoms with Gasteiger partial charge in [0.25, 0.3) is 0 Å². The third-order valence-electron chi connectivity index (χ3n) is 9.27. The predicted molar refractivity (Wildman–Crippen MR) is 165 cm³/mol. The molecule has 1 nitrogen and oxygen atoms in total. The Balaban J connectivity index is 1.36. The molecule has 4 rings (SSSR count). The van der Waals surface area contributed by atoms with Gasteiger partial charge in [-0.3, -0.25) is 0 Å². The Labute approximate surface area is 245 Å². The highest BCUT2D eigenvalue weighted by molar-refractivity contribution is 5.74. The summed E-state index contributed by atoms with van der Waals surface area (Å²) in [7, 11) is 0. The van der Waals surface area contributed by atoms with Crippen LogP contribution in [0.15, 0.2) is 61.2 Å². The third kappa shape index (κ3) is 8.40. The zero-order valence-electron chi connectivity index (χ0n) is 24.9. The molecule has 0 aliphatic heterocycles. The molecule has 0 radical (unpaired) electrons. The van der Waals surface area contributed by atoms with Crippen molar-refractivity contribution in [2.24, 2.45) is 17.8 Å². The lowest BCUT2D eigenvalue weighted by atomic mass is 9.68. The van der Waals surface area contributed by atoms with E-state index in [2.05, 4.69) is 13.5 Å². The minimum absolute atomic E-state index is 0.0708.